The summed E-state index contributed by atoms with van der Waals surface area (Å²) in [6, 6.07) is 15.7. The quantitative estimate of drug-likeness (QED) is 0.356. The fourth-order valence-electron chi connectivity index (χ4n) is 3.62. The molecule has 170 valence electrons. The number of rotatable bonds is 9. The number of benzene rings is 2. The molecule has 0 bridgehead atoms. The van der Waals surface area contributed by atoms with E-state index >= 15 is 0 Å². The van der Waals surface area contributed by atoms with Gasteiger partial charge in [-0.05, 0) is 35.2 Å². The maximum absolute atomic E-state index is 14.4. The van der Waals surface area contributed by atoms with Gasteiger partial charge in [-0.1, -0.05) is 67.6 Å². The zero-order chi connectivity index (χ0) is 23.3. The number of alkyl halides is 2. The molecule has 1 N–H and O–H groups in total. The first kappa shape index (κ1) is 22.4. The van der Waals surface area contributed by atoms with E-state index in [1.165, 1.54) is 0 Å². The van der Waals surface area contributed by atoms with Crippen LogP contribution in [0.1, 0.15) is 43.9 Å². The van der Waals surface area contributed by atoms with Crippen molar-refractivity contribution in [1.29, 1.82) is 0 Å². The van der Waals surface area contributed by atoms with E-state index in [9.17, 15) is 8.78 Å². The molecule has 0 aliphatic carbocycles. The van der Waals surface area contributed by atoms with E-state index in [2.05, 4.69) is 30.7 Å². The van der Waals surface area contributed by atoms with Gasteiger partial charge in [0.1, 0.15) is 5.82 Å². The summed E-state index contributed by atoms with van der Waals surface area (Å²) in [4.78, 5) is 4.17. The highest BCUT2D eigenvalue weighted by atomic mass is 19.3. The molecule has 33 heavy (non-hydrogen) atoms. The van der Waals surface area contributed by atoms with Gasteiger partial charge in [-0.25, -0.2) is 9.67 Å². The fraction of sp³-hybridized carbons (Fsp3) is 0.292. The molecule has 0 saturated heterocycles. The Morgan fingerprint density at radius 1 is 1.06 bits per heavy atom. The highest BCUT2D eigenvalue weighted by Gasteiger charge is 2.36. The number of allylic oxidation sites excluding steroid dienone is 2. The molecular weight excluding hydrogens is 424 g/mol. The molecule has 0 atom stereocenters. The van der Waals surface area contributed by atoms with Crippen LogP contribution < -0.4 is 0 Å². The van der Waals surface area contributed by atoms with Crippen molar-refractivity contribution in [2.75, 3.05) is 0 Å². The number of nitrogens with one attached hydrogen (secondary N) is 1. The molecule has 9 heteroatoms. The van der Waals surface area contributed by atoms with E-state index in [0.29, 0.717) is 31.0 Å². The van der Waals surface area contributed by atoms with Gasteiger partial charge in [0, 0.05) is 18.4 Å². The smallest absolute Gasteiger partial charge is 0.245 e. The minimum atomic E-state index is -3.03. The van der Waals surface area contributed by atoms with Gasteiger partial charge in [0.2, 0.25) is 11.6 Å². The number of H-pyrrole nitrogens is 1. The van der Waals surface area contributed by atoms with Crippen LogP contribution in [0.15, 0.2) is 60.7 Å². The summed E-state index contributed by atoms with van der Waals surface area (Å²) in [5, 5.41) is 18.5. The predicted molar refractivity (Wildman–Crippen MR) is 121 cm³/mol. The lowest BCUT2D eigenvalue weighted by atomic mass is 9.98. The molecule has 0 fully saturated rings. The van der Waals surface area contributed by atoms with Crippen molar-refractivity contribution in [1.82, 2.24) is 35.4 Å². The molecule has 0 aliphatic rings. The molecule has 0 unspecified atom stereocenters. The lowest BCUT2D eigenvalue weighted by Gasteiger charge is -2.10. The van der Waals surface area contributed by atoms with Crippen molar-refractivity contribution in [3.05, 3.63) is 77.9 Å². The Labute approximate surface area is 190 Å². The molecule has 0 amide bonds. The van der Waals surface area contributed by atoms with Gasteiger partial charge in [0.05, 0.1) is 6.54 Å². The Kier molecular flexibility index (Phi) is 6.67. The SMILES string of the molecule is C/C=C/Cc1nc(C(F)(F)CCC)nn1Cc1ccc(-c2ccccc2-c2nn[nH]n2)cc1. The minimum Gasteiger partial charge on any atom is -0.245 e. The molecule has 2 aromatic carbocycles. The number of aromatic nitrogens is 7. The molecule has 4 aromatic rings. The summed E-state index contributed by atoms with van der Waals surface area (Å²) in [6.45, 7) is 3.97. The topological polar surface area (TPSA) is 85.2 Å². The maximum Gasteiger partial charge on any atom is 0.308 e. The van der Waals surface area contributed by atoms with Crippen molar-refractivity contribution in [2.45, 2.75) is 45.6 Å². The number of hydrogen-bond donors (Lipinski definition) is 1. The van der Waals surface area contributed by atoms with Crippen LogP contribution >= 0.6 is 0 Å². The van der Waals surface area contributed by atoms with Crippen LogP contribution in [0.3, 0.4) is 0 Å². The fourth-order valence-corrected chi connectivity index (χ4v) is 3.62. The summed E-state index contributed by atoms with van der Waals surface area (Å²) >= 11 is 0. The van der Waals surface area contributed by atoms with Crippen LogP contribution in [-0.4, -0.2) is 35.4 Å². The van der Waals surface area contributed by atoms with Gasteiger partial charge in [-0.2, -0.15) is 14.0 Å². The molecule has 0 spiro atoms. The first-order valence-corrected chi connectivity index (χ1v) is 10.9. The second kappa shape index (κ2) is 9.81. The van der Waals surface area contributed by atoms with Crippen LogP contribution in [-0.2, 0) is 18.9 Å². The number of nitrogens with zero attached hydrogens (tertiary/aromatic N) is 6. The monoisotopic (exact) mass is 449 g/mol. The Morgan fingerprint density at radius 2 is 1.82 bits per heavy atom. The summed E-state index contributed by atoms with van der Waals surface area (Å²) in [5.74, 6) is -2.40. The summed E-state index contributed by atoms with van der Waals surface area (Å²) < 4.78 is 30.4. The highest BCUT2D eigenvalue weighted by molar-refractivity contribution is 5.80. The number of hydrogen-bond acceptors (Lipinski definition) is 5. The third-order valence-corrected chi connectivity index (χ3v) is 5.29. The first-order valence-electron chi connectivity index (χ1n) is 10.9. The largest absolute Gasteiger partial charge is 0.308 e. The van der Waals surface area contributed by atoms with Gasteiger partial charge in [0.25, 0.3) is 0 Å². The van der Waals surface area contributed by atoms with Crippen LogP contribution in [0.4, 0.5) is 8.78 Å². The Morgan fingerprint density at radius 3 is 2.48 bits per heavy atom. The molecule has 0 aliphatic heterocycles. The molecular formula is C24H25F2N7. The highest BCUT2D eigenvalue weighted by Crippen LogP contribution is 2.32. The normalized spacial score (nSPS) is 12.0. The second-order valence-corrected chi connectivity index (χ2v) is 7.71. The van der Waals surface area contributed by atoms with Gasteiger partial charge in [-0.15, -0.1) is 15.3 Å². The van der Waals surface area contributed by atoms with Crippen LogP contribution in [0.5, 0.6) is 0 Å². The Hall–Kier alpha value is -3.75. The van der Waals surface area contributed by atoms with Gasteiger partial charge in [0.15, 0.2) is 0 Å². The van der Waals surface area contributed by atoms with E-state index < -0.39 is 11.7 Å². The Balaban J connectivity index is 1.61. The standard InChI is InChI=1S/C24H25F2N7/c1-3-5-10-21-27-23(24(25,26)15-4-2)30-33(21)16-17-11-13-18(14-12-17)19-8-6-7-9-20(19)22-28-31-32-29-22/h3,5-9,11-14H,4,10,15-16H2,1-2H3,(H,28,29,31,32)/b5-3+. The molecule has 2 heterocycles. The van der Waals surface area contributed by atoms with E-state index in [4.69, 9.17) is 0 Å². The number of aromatic amines is 1. The predicted octanol–water partition coefficient (Wildman–Crippen LogP) is 5.18. The number of halogens is 2. The maximum atomic E-state index is 14.4. The number of tetrazole rings is 1. The lowest BCUT2D eigenvalue weighted by Crippen LogP contribution is -2.15. The van der Waals surface area contributed by atoms with Gasteiger partial charge >= 0.3 is 5.92 Å². The minimum absolute atomic E-state index is 0.269. The van der Waals surface area contributed by atoms with E-state index in [0.717, 1.165) is 22.3 Å². The third-order valence-electron chi connectivity index (χ3n) is 5.29. The van der Waals surface area contributed by atoms with Crippen molar-refractivity contribution >= 4 is 0 Å². The average molecular weight is 450 g/mol. The summed E-state index contributed by atoms with van der Waals surface area (Å²) in [6.07, 6.45) is 4.30. The zero-order valence-corrected chi connectivity index (χ0v) is 18.5. The first-order chi connectivity index (χ1) is 16.0. The summed E-state index contributed by atoms with van der Waals surface area (Å²) in [5.41, 5.74) is 3.77. The van der Waals surface area contributed by atoms with E-state index in [1.807, 2.05) is 67.6 Å². The van der Waals surface area contributed by atoms with Crippen molar-refractivity contribution < 1.29 is 8.78 Å². The molecule has 0 saturated carbocycles. The van der Waals surface area contributed by atoms with Crippen molar-refractivity contribution in [2.24, 2.45) is 0 Å². The molecule has 0 radical (unpaired) electrons. The summed E-state index contributed by atoms with van der Waals surface area (Å²) in [7, 11) is 0. The average Bonchev–Trinajstić information content (AvgIpc) is 3.49. The lowest BCUT2D eigenvalue weighted by molar-refractivity contribution is -0.0232. The van der Waals surface area contributed by atoms with Gasteiger partial charge < -0.3 is 0 Å². The van der Waals surface area contributed by atoms with Crippen molar-refractivity contribution in [3.8, 4) is 22.5 Å². The third kappa shape index (κ3) is 5.02. The van der Waals surface area contributed by atoms with E-state index in [1.54, 1.807) is 11.6 Å². The molecule has 7 nitrogen and oxygen atoms in total. The second-order valence-electron chi connectivity index (χ2n) is 7.71. The van der Waals surface area contributed by atoms with Gasteiger partial charge in [-0.3, -0.25) is 0 Å². The molecule has 2 aromatic heterocycles. The zero-order valence-electron chi connectivity index (χ0n) is 18.5. The van der Waals surface area contributed by atoms with Crippen LogP contribution in [0.25, 0.3) is 22.5 Å². The van der Waals surface area contributed by atoms with Crippen molar-refractivity contribution in [3.63, 3.8) is 0 Å². The molecule has 4 rings (SSSR count). The van der Waals surface area contributed by atoms with E-state index in [-0.39, 0.29) is 6.42 Å². The van der Waals surface area contributed by atoms with Crippen LogP contribution in [0.2, 0.25) is 0 Å². The van der Waals surface area contributed by atoms with Crippen LogP contribution in [0, 0.1) is 0 Å². The Bertz CT molecular complexity index is 1210.